The lowest BCUT2D eigenvalue weighted by atomic mass is 9.96. The summed E-state index contributed by atoms with van der Waals surface area (Å²) in [5.74, 6) is 0. The third-order valence-electron chi connectivity index (χ3n) is 3.25. The smallest absolute Gasteiger partial charge is 0.0971 e. The standard InChI is InChI=1S/C17H14N2/c1-3-7-14-12(4-2)13-8-5-6-9-15(13)17-16(14)18-10-11-19-17/h3-11H,2H2,1H3/b7-3-. The van der Waals surface area contributed by atoms with Crippen molar-refractivity contribution in [2.45, 2.75) is 6.92 Å². The zero-order valence-corrected chi connectivity index (χ0v) is 10.8. The molecular weight excluding hydrogens is 232 g/mol. The number of allylic oxidation sites excluding steroid dienone is 1. The molecule has 0 saturated carbocycles. The van der Waals surface area contributed by atoms with Crippen LogP contribution in [0, 0.1) is 0 Å². The monoisotopic (exact) mass is 246 g/mol. The fourth-order valence-corrected chi connectivity index (χ4v) is 2.48. The Kier molecular flexibility index (Phi) is 2.84. The van der Waals surface area contributed by atoms with Gasteiger partial charge in [-0.2, -0.15) is 0 Å². The van der Waals surface area contributed by atoms with Crippen LogP contribution in [0.3, 0.4) is 0 Å². The molecule has 1 aromatic heterocycles. The fraction of sp³-hybridized carbons (Fsp3) is 0.0588. The number of rotatable bonds is 2. The predicted octanol–water partition coefficient (Wildman–Crippen LogP) is 4.46. The van der Waals surface area contributed by atoms with Gasteiger partial charge in [0.15, 0.2) is 0 Å². The Hall–Kier alpha value is -2.48. The van der Waals surface area contributed by atoms with E-state index in [2.05, 4.69) is 34.8 Å². The maximum atomic E-state index is 4.50. The fourth-order valence-electron chi connectivity index (χ4n) is 2.48. The van der Waals surface area contributed by atoms with Crippen LogP contribution in [0.1, 0.15) is 18.1 Å². The Balaban J connectivity index is 2.64. The molecule has 0 fully saturated rings. The number of hydrogen-bond acceptors (Lipinski definition) is 2. The van der Waals surface area contributed by atoms with Crippen molar-refractivity contribution >= 4 is 34.0 Å². The molecule has 0 unspecified atom stereocenters. The van der Waals surface area contributed by atoms with Crippen molar-refractivity contribution < 1.29 is 0 Å². The van der Waals surface area contributed by atoms with Crippen LogP contribution in [0.2, 0.25) is 0 Å². The molecule has 1 heterocycles. The maximum absolute atomic E-state index is 4.50. The highest BCUT2D eigenvalue weighted by Crippen LogP contribution is 2.32. The molecule has 3 rings (SSSR count). The molecule has 2 heteroatoms. The van der Waals surface area contributed by atoms with E-state index in [0.717, 1.165) is 27.5 Å². The minimum Gasteiger partial charge on any atom is -0.252 e. The zero-order valence-electron chi connectivity index (χ0n) is 10.8. The summed E-state index contributed by atoms with van der Waals surface area (Å²) in [5.41, 5.74) is 4.06. The van der Waals surface area contributed by atoms with E-state index in [1.54, 1.807) is 12.4 Å². The Morgan fingerprint density at radius 1 is 0.947 bits per heavy atom. The van der Waals surface area contributed by atoms with Gasteiger partial charge in [0.25, 0.3) is 0 Å². The number of aromatic nitrogens is 2. The van der Waals surface area contributed by atoms with Crippen LogP contribution in [0.5, 0.6) is 0 Å². The lowest BCUT2D eigenvalue weighted by molar-refractivity contribution is 1.30. The second-order valence-electron chi connectivity index (χ2n) is 4.33. The number of benzene rings is 2. The van der Waals surface area contributed by atoms with Crippen molar-refractivity contribution in [1.29, 1.82) is 0 Å². The highest BCUT2D eigenvalue weighted by Gasteiger charge is 2.11. The normalized spacial score (nSPS) is 11.4. The molecule has 0 radical (unpaired) electrons. The molecule has 0 aliphatic heterocycles. The first-order chi connectivity index (χ1) is 9.36. The highest BCUT2D eigenvalue weighted by atomic mass is 14.8. The predicted molar refractivity (Wildman–Crippen MR) is 81.8 cm³/mol. The summed E-state index contributed by atoms with van der Waals surface area (Å²) >= 11 is 0. The van der Waals surface area contributed by atoms with Crippen molar-refractivity contribution in [3.63, 3.8) is 0 Å². The molecule has 2 aromatic carbocycles. The van der Waals surface area contributed by atoms with Crippen LogP contribution in [-0.2, 0) is 0 Å². The van der Waals surface area contributed by atoms with Gasteiger partial charge in [-0.25, -0.2) is 0 Å². The van der Waals surface area contributed by atoms with E-state index in [0.29, 0.717) is 0 Å². The van der Waals surface area contributed by atoms with Crippen LogP contribution in [0.4, 0.5) is 0 Å². The van der Waals surface area contributed by atoms with Crippen molar-refractivity contribution in [2.24, 2.45) is 0 Å². The summed E-state index contributed by atoms with van der Waals surface area (Å²) < 4.78 is 0. The van der Waals surface area contributed by atoms with Crippen molar-refractivity contribution in [2.75, 3.05) is 0 Å². The molecule has 0 aliphatic rings. The third kappa shape index (κ3) is 1.73. The first-order valence-corrected chi connectivity index (χ1v) is 6.27. The summed E-state index contributed by atoms with van der Waals surface area (Å²) in [6.45, 7) is 5.95. The van der Waals surface area contributed by atoms with Gasteiger partial charge in [0.1, 0.15) is 0 Å². The van der Waals surface area contributed by atoms with Crippen LogP contribution >= 0.6 is 0 Å². The molecule has 19 heavy (non-hydrogen) atoms. The lowest BCUT2D eigenvalue weighted by Gasteiger charge is -2.10. The van der Waals surface area contributed by atoms with Crippen molar-refractivity contribution in [3.05, 3.63) is 60.4 Å². The van der Waals surface area contributed by atoms with Crippen molar-refractivity contribution in [3.8, 4) is 0 Å². The molecule has 0 bridgehead atoms. The maximum Gasteiger partial charge on any atom is 0.0971 e. The summed E-state index contributed by atoms with van der Waals surface area (Å²) in [5, 5.41) is 2.28. The minimum absolute atomic E-state index is 0.925. The van der Waals surface area contributed by atoms with Gasteiger partial charge in [-0.1, -0.05) is 49.1 Å². The van der Waals surface area contributed by atoms with Crippen LogP contribution in [0.15, 0.2) is 49.3 Å². The van der Waals surface area contributed by atoms with Crippen molar-refractivity contribution in [1.82, 2.24) is 9.97 Å². The Bertz CT molecular complexity index is 801. The second kappa shape index (κ2) is 4.65. The molecule has 0 saturated heterocycles. The molecule has 0 spiro atoms. The Labute approximate surface area is 112 Å². The number of nitrogens with zero attached hydrogens (tertiary/aromatic N) is 2. The minimum atomic E-state index is 0.925. The average Bonchev–Trinajstić information content (AvgIpc) is 2.48. The van der Waals surface area contributed by atoms with Gasteiger partial charge in [0.2, 0.25) is 0 Å². The molecule has 3 aromatic rings. The number of fused-ring (bicyclic) bond motifs is 3. The molecule has 0 atom stereocenters. The summed E-state index contributed by atoms with van der Waals surface area (Å²) in [6.07, 6.45) is 9.45. The van der Waals surface area contributed by atoms with E-state index in [9.17, 15) is 0 Å². The summed E-state index contributed by atoms with van der Waals surface area (Å²) in [7, 11) is 0. The van der Waals surface area contributed by atoms with E-state index >= 15 is 0 Å². The van der Waals surface area contributed by atoms with Crippen LogP contribution in [0.25, 0.3) is 34.0 Å². The van der Waals surface area contributed by atoms with Gasteiger partial charge in [-0.05, 0) is 17.9 Å². The van der Waals surface area contributed by atoms with E-state index < -0.39 is 0 Å². The molecule has 2 nitrogen and oxygen atoms in total. The van der Waals surface area contributed by atoms with Gasteiger partial charge >= 0.3 is 0 Å². The zero-order chi connectivity index (χ0) is 13.2. The molecular formula is C17H14N2. The highest BCUT2D eigenvalue weighted by molar-refractivity contribution is 6.11. The van der Waals surface area contributed by atoms with E-state index in [1.165, 1.54) is 5.39 Å². The molecule has 92 valence electrons. The quantitative estimate of drug-likeness (QED) is 0.624. The van der Waals surface area contributed by atoms with Crippen LogP contribution < -0.4 is 0 Å². The average molecular weight is 246 g/mol. The molecule has 0 aliphatic carbocycles. The summed E-state index contributed by atoms with van der Waals surface area (Å²) in [4.78, 5) is 8.99. The summed E-state index contributed by atoms with van der Waals surface area (Å²) in [6, 6.07) is 8.25. The first-order valence-electron chi connectivity index (χ1n) is 6.27. The van der Waals surface area contributed by atoms with Gasteiger partial charge < -0.3 is 0 Å². The van der Waals surface area contributed by atoms with Gasteiger partial charge in [-0.15, -0.1) is 0 Å². The second-order valence-corrected chi connectivity index (χ2v) is 4.33. The third-order valence-corrected chi connectivity index (χ3v) is 3.25. The number of hydrogen-bond donors (Lipinski definition) is 0. The SMILES string of the molecule is C=Cc1c(/C=C\C)c2nccnc2c2ccccc12. The van der Waals surface area contributed by atoms with Gasteiger partial charge in [-0.3, -0.25) is 9.97 Å². The van der Waals surface area contributed by atoms with E-state index in [4.69, 9.17) is 0 Å². The first kappa shape index (κ1) is 11.6. The van der Waals surface area contributed by atoms with Gasteiger partial charge in [0.05, 0.1) is 11.0 Å². The Morgan fingerprint density at radius 2 is 1.63 bits per heavy atom. The Morgan fingerprint density at radius 3 is 2.32 bits per heavy atom. The lowest BCUT2D eigenvalue weighted by Crippen LogP contribution is -1.92. The largest absolute Gasteiger partial charge is 0.252 e. The van der Waals surface area contributed by atoms with Gasteiger partial charge in [0, 0.05) is 23.3 Å². The molecule has 0 N–H and O–H groups in total. The van der Waals surface area contributed by atoms with Crippen LogP contribution in [-0.4, -0.2) is 9.97 Å². The molecule has 0 amide bonds. The topological polar surface area (TPSA) is 25.8 Å². The van der Waals surface area contributed by atoms with E-state index in [-0.39, 0.29) is 0 Å². The van der Waals surface area contributed by atoms with E-state index in [1.807, 2.05) is 31.2 Å².